The number of aryl methyl sites for hydroxylation is 2. The van der Waals surface area contributed by atoms with Gasteiger partial charge in [0.15, 0.2) is 0 Å². The molecule has 0 aliphatic carbocycles. The fourth-order valence-corrected chi connectivity index (χ4v) is 1.66. The molecule has 0 saturated carbocycles. The van der Waals surface area contributed by atoms with Gasteiger partial charge in [-0.05, 0) is 19.8 Å². The molecule has 0 saturated heterocycles. The average Bonchev–Trinajstić information content (AvgIpc) is 2.75. The first-order valence-electron chi connectivity index (χ1n) is 6.85. The highest BCUT2D eigenvalue weighted by atomic mass is 16.4. The number of nitrogens with zero attached hydrogens (tertiary/aromatic N) is 1. The van der Waals surface area contributed by atoms with Gasteiger partial charge in [-0.2, -0.15) is 0 Å². The quantitative estimate of drug-likeness (QED) is 0.595. The van der Waals surface area contributed by atoms with Crippen molar-refractivity contribution in [3.05, 3.63) is 18.2 Å². The molecular weight excluding hydrogens is 228 g/mol. The fraction of sp³-hybridized carbons (Fsp3) is 0.714. The summed E-state index contributed by atoms with van der Waals surface area (Å²) in [4.78, 5) is 13.0. The molecule has 4 heteroatoms. The van der Waals surface area contributed by atoms with Gasteiger partial charge in [0.25, 0.3) is 5.82 Å². The predicted molar refractivity (Wildman–Crippen MR) is 69.8 cm³/mol. The third-order valence-corrected chi connectivity index (χ3v) is 2.80. The van der Waals surface area contributed by atoms with Crippen LogP contribution in [-0.2, 0) is 11.3 Å². The molecule has 0 fully saturated rings. The largest absolute Gasteiger partial charge is 0.550 e. The van der Waals surface area contributed by atoms with E-state index in [0.717, 1.165) is 25.8 Å². The molecule has 0 aliphatic heterocycles. The molecule has 0 unspecified atom stereocenters. The Hall–Kier alpha value is -1.32. The highest BCUT2D eigenvalue weighted by molar-refractivity contribution is 5.63. The van der Waals surface area contributed by atoms with Crippen LogP contribution in [0.3, 0.4) is 0 Å². The fourth-order valence-electron chi connectivity index (χ4n) is 1.66. The van der Waals surface area contributed by atoms with Crippen molar-refractivity contribution in [3.8, 4) is 0 Å². The summed E-state index contributed by atoms with van der Waals surface area (Å²) in [7, 11) is 0. The van der Waals surface area contributed by atoms with Crippen molar-refractivity contribution in [2.45, 2.75) is 65.8 Å². The van der Waals surface area contributed by atoms with Gasteiger partial charge < -0.3 is 9.90 Å². The first-order valence-corrected chi connectivity index (χ1v) is 6.85. The Morgan fingerprint density at radius 1 is 1.28 bits per heavy atom. The van der Waals surface area contributed by atoms with Crippen LogP contribution in [0, 0.1) is 6.92 Å². The highest BCUT2D eigenvalue weighted by Gasteiger charge is 1.97. The molecule has 0 atom stereocenters. The number of carboxylic acid groups (broad SMARTS) is 1. The summed E-state index contributed by atoms with van der Waals surface area (Å²) in [6, 6.07) is 0. The molecule has 0 spiro atoms. The van der Waals surface area contributed by atoms with E-state index in [2.05, 4.69) is 30.3 Å². The Balaban J connectivity index is 0.000000327. The van der Waals surface area contributed by atoms with E-state index in [-0.39, 0.29) is 6.42 Å². The number of hydrogen-bond donors (Lipinski definition) is 1. The number of nitrogens with one attached hydrogen (secondary N) is 1. The maximum Gasteiger partial charge on any atom is 0.250 e. The standard InChI is InChI=1S/C8H16O2.C6H10N2/c1-2-3-4-5-6-7-8(9)10;1-3-8-5-4-7-6(8)2/h2-7H2,1H3,(H,9,10);4-5H,3H2,1-2H3. The van der Waals surface area contributed by atoms with Crippen molar-refractivity contribution in [1.29, 1.82) is 0 Å². The van der Waals surface area contributed by atoms with Crippen molar-refractivity contribution in [3.63, 3.8) is 0 Å². The Labute approximate surface area is 110 Å². The number of aromatic nitrogens is 2. The van der Waals surface area contributed by atoms with Crippen LogP contribution in [0.5, 0.6) is 0 Å². The van der Waals surface area contributed by atoms with E-state index in [9.17, 15) is 9.90 Å². The summed E-state index contributed by atoms with van der Waals surface area (Å²) < 4.78 is 2.15. The third-order valence-electron chi connectivity index (χ3n) is 2.80. The monoisotopic (exact) mass is 254 g/mol. The average molecular weight is 254 g/mol. The van der Waals surface area contributed by atoms with E-state index >= 15 is 0 Å². The second-order valence-corrected chi connectivity index (χ2v) is 4.37. The molecule has 18 heavy (non-hydrogen) atoms. The SMILES string of the molecule is CCCCCCCC(=O)[O-].CC[n+]1cc[nH]c1C. The van der Waals surface area contributed by atoms with Gasteiger partial charge in [-0.25, -0.2) is 9.55 Å². The molecule has 0 aromatic carbocycles. The van der Waals surface area contributed by atoms with Gasteiger partial charge in [0.05, 0.1) is 6.54 Å². The van der Waals surface area contributed by atoms with Crippen molar-refractivity contribution < 1.29 is 14.5 Å². The zero-order valence-electron chi connectivity index (χ0n) is 11.9. The summed E-state index contributed by atoms with van der Waals surface area (Å²) >= 11 is 0. The number of carboxylic acids is 1. The van der Waals surface area contributed by atoms with Gasteiger partial charge in [-0.3, -0.25) is 0 Å². The summed E-state index contributed by atoms with van der Waals surface area (Å²) in [5, 5.41) is 9.92. The first-order chi connectivity index (χ1) is 8.61. The Kier molecular flexibility index (Phi) is 10.0. The molecule has 1 aromatic heterocycles. The lowest BCUT2D eigenvalue weighted by Gasteiger charge is -2.00. The first kappa shape index (κ1) is 16.7. The van der Waals surface area contributed by atoms with Crippen molar-refractivity contribution >= 4 is 5.97 Å². The van der Waals surface area contributed by atoms with Crippen molar-refractivity contribution in [2.24, 2.45) is 0 Å². The summed E-state index contributed by atoms with van der Waals surface area (Å²) in [5.41, 5.74) is 0. The van der Waals surface area contributed by atoms with E-state index in [0.29, 0.717) is 0 Å². The molecular formula is C14H26N2O2. The minimum atomic E-state index is -0.920. The summed E-state index contributed by atoms with van der Waals surface area (Å²) in [6.45, 7) is 7.37. The predicted octanol–water partition coefficient (Wildman–Crippen LogP) is 1.73. The number of carbonyl (C=O) groups is 1. The van der Waals surface area contributed by atoms with Crippen LogP contribution >= 0.6 is 0 Å². The van der Waals surface area contributed by atoms with E-state index < -0.39 is 5.97 Å². The summed E-state index contributed by atoms with van der Waals surface area (Å²) in [6.07, 6.45) is 9.59. The minimum Gasteiger partial charge on any atom is -0.550 e. The van der Waals surface area contributed by atoms with Gasteiger partial charge in [0, 0.05) is 12.9 Å². The van der Waals surface area contributed by atoms with Crippen molar-refractivity contribution in [2.75, 3.05) is 0 Å². The van der Waals surface area contributed by atoms with Crippen LogP contribution < -0.4 is 9.67 Å². The van der Waals surface area contributed by atoms with Crippen LogP contribution in [0.4, 0.5) is 0 Å². The molecule has 0 bridgehead atoms. The normalized spacial score (nSPS) is 9.72. The smallest absolute Gasteiger partial charge is 0.250 e. The zero-order valence-corrected chi connectivity index (χ0v) is 11.9. The van der Waals surface area contributed by atoms with Crippen LogP contribution in [0.15, 0.2) is 12.4 Å². The molecule has 4 nitrogen and oxygen atoms in total. The molecule has 104 valence electrons. The van der Waals surface area contributed by atoms with Crippen LogP contribution in [0.25, 0.3) is 0 Å². The number of H-pyrrole nitrogens is 1. The molecule has 0 aliphatic rings. The molecule has 1 N–H and O–H groups in total. The minimum absolute atomic E-state index is 0.226. The van der Waals surface area contributed by atoms with Gasteiger partial charge in [0.2, 0.25) is 0 Å². The molecule has 0 amide bonds. The van der Waals surface area contributed by atoms with Gasteiger partial charge in [0.1, 0.15) is 12.4 Å². The molecule has 1 rings (SSSR count). The number of aromatic amines is 1. The highest BCUT2D eigenvalue weighted by Crippen LogP contribution is 2.03. The number of unbranched alkanes of at least 4 members (excludes halogenated alkanes) is 4. The van der Waals surface area contributed by atoms with Crippen LogP contribution in [0.1, 0.15) is 58.2 Å². The Bertz CT molecular complexity index is 321. The third kappa shape index (κ3) is 8.79. The van der Waals surface area contributed by atoms with Crippen LogP contribution in [0.2, 0.25) is 0 Å². The van der Waals surface area contributed by atoms with Crippen LogP contribution in [-0.4, -0.2) is 11.0 Å². The molecule has 0 radical (unpaired) electrons. The van der Waals surface area contributed by atoms with Crippen molar-refractivity contribution in [1.82, 2.24) is 4.98 Å². The Morgan fingerprint density at radius 2 is 1.94 bits per heavy atom. The Morgan fingerprint density at radius 3 is 2.33 bits per heavy atom. The second kappa shape index (κ2) is 10.8. The van der Waals surface area contributed by atoms with Gasteiger partial charge >= 0.3 is 0 Å². The second-order valence-electron chi connectivity index (χ2n) is 4.37. The maximum absolute atomic E-state index is 9.92. The number of imidazole rings is 1. The summed E-state index contributed by atoms with van der Waals surface area (Å²) in [5.74, 6) is 0.295. The number of aliphatic carboxylic acids is 1. The van der Waals surface area contributed by atoms with E-state index in [1.54, 1.807) is 0 Å². The van der Waals surface area contributed by atoms with Gasteiger partial charge in [-0.1, -0.05) is 32.6 Å². The van der Waals surface area contributed by atoms with E-state index in [1.165, 1.54) is 18.7 Å². The van der Waals surface area contributed by atoms with Gasteiger partial charge in [-0.15, -0.1) is 0 Å². The lowest BCUT2D eigenvalue weighted by Crippen LogP contribution is -2.32. The molecule has 1 aromatic rings. The van der Waals surface area contributed by atoms with E-state index in [1.807, 2.05) is 12.4 Å². The zero-order chi connectivity index (χ0) is 13.8. The number of rotatable bonds is 7. The molecule has 1 heterocycles. The number of hydrogen-bond acceptors (Lipinski definition) is 2. The van der Waals surface area contributed by atoms with E-state index in [4.69, 9.17) is 0 Å². The topological polar surface area (TPSA) is 59.8 Å². The number of carbonyl (C=O) groups excluding carboxylic acids is 1. The maximum atomic E-state index is 9.92. The lowest BCUT2D eigenvalue weighted by atomic mass is 10.1. The lowest BCUT2D eigenvalue weighted by molar-refractivity contribution is -0.698.